The Hall–Kier alpha value is -0.970. The van der Waals surface area contributed by atoms with Crippen molar-refractivity contribution in [1.82, 2.24) is 4.98 Å². The van der Waals surface area contributed by atoms with Crippen LogP contribution in [0.3, 0.4) is 0 Å². The lowest BCUT2D eigenvalue weighted by molar-refractivity contribution is -0.275. The smallest absolute Gasteiger partial charge is 0.404 e. The average molecular weight is 226 g/mol. The quantitative estimate of drug-likeness (QED) is 0.722. The number of alkyl halides is 4. The van der Waals surface area contributed by atoms with Crippen molar-refractivity contribution >= 4 is 11.6 Å². The molecule has 1 aromatic rings. The molecule has 0 bridgehead atoms. The molecule has 1 heterocycles. The predicted octanol–water partition coefficient (Wildman–Crippen LogP) is 3.03. The molecule has 0 aliphatic rings. The lowest BCUT2D eigenvalue weighted by Crippen LogP contribution is -2.18. The Morgan fingerprint density at radius 2 is 2.14 bits per heavy atom. The van der Waals surface area contributed by atoms with Crippen molar-refractivity contribution in [3.63, 3.8) is 0 Å². The van der Waals surface area contributed by atoms with Crippen molar-refractivity contribution < 1.29 is 17.9 Å². The SMILES string of the molecule is Cc1ncc(CCl)cc1OC(F)(F)F. The summed E-state index contributed by atoms with van der Waals surface area (Å²) in [6.07, 6.45) is -3.29. The van der Waals surface area contributed by atoms with E-state index in [9.17, 15) is 13.2 Å². The number of hydrogen-bond acceptors (Lipinski definition) is 2. The zero-order valence-electron chi connectivity index (χ0n) is 7.23. The molecule has 0 aliphatic carbocycles. The van der Waals surface area contributed by atoms with Gasteiger partial charge in [0.05, 0.1) is 5.69 Å². The van der Waals surface area contributed by atoms with Crippen molar-refractivity contribution in [1.29, 1.82) is 0 Å². The van der Waals surface area contributed by atoms with E-state index in [1.165, 1.54) is 19.2 Å². The maximum Gasteiger partial charge on any atom is 0.573 e. The van der Waals surface area contributed by atoms with Gasteiger partial charge in [-0.15, -0.1) is 24.8 Å². The summed E-state index contributed by atoms with van der Waals surface area (Å²) in [7, 11) is 0. The van der Waals surface area contributed by atoms with E-state index in [4.69, 9.17) is 11.6 Å². The van der Waals surface area contributed by atoms with Crippen LogP contribution in [0.1, 0.15) is 11.3 Å². The zero-order chi connectivity index (χ0) is 10.8. The van der Waals surface area contributed by atoms with Crippen LogP contribution in [0.4, 0.5) is 13.2 Å². The summed E-state index contributed by atoms with van der Waals surface area (Å²) in [6, 6.07) is 1.23. The van der Waals surface area contributed by atoms with Gasteiger partial charge in [0, 0.05) is 12.1 Å². The minimum atomic E-state index is -4.70. The molecule has 0 atom stereocenters. The standard InChI is InChI=1S/C8H7ClF3NO/c1-5-7(14-8(10,11)12)2-6(3-9)4-13-5/h2,4H,3H2,1H3. The van der Waals surface area contributed by atoms with Crippen molar-refractivity contribution in [3.8, 4) is 5.75 Å². The van der Waals surface area contributed by atoms with Crippen LogP contribution in [-0.4, -0.2) is 11.3 Å². The monoisotopic (exact) mass is 225 g/mol. The summed E-state index contributed by atoms with van der Waals surface area (Å²) in [6.45, 7) is 1.43. The van der Waals surface area contributed by atoms with Gasteiger partial charge in [-0.05, 0) is 18.6 Å². The largest absolute Gasteiger partial charge is 0.573 e. The van der Waals surface area contributed by atoms with E-state index in [0.29, 0.717) is 5.56 Å². The van der Waals surface area contributed by atoms with Crippen LogP contribution >= 0.6 is 11.6 Å². The van der Waals surface area contributed by atoms with Gasteiger partial charge in [0.2, 0.25) is 0 Å². The van der Waals surface area contributed by atoms with E-state index >= 15 is 0 Å². The fourth-order valence-electron chi connectivity index (χ4n) is 0.855. The molecule has 2 nitrogen and oxygen atoms in total. The van der Waals surface area contributed by atoms with E-state index in [0.717, 1.165) is 0 Å². The third-order valence-electron chi connectivity index (χ3n) is 1.48. The minimum Gasteiger partial charge on any atom is -0.404 e. The Bertz CT molecular complexity index is 327. The molecule has 0 fully saturated rings. The Morgan fingerprint density at radius 1 is 1.50 bits per heavy atom. The average Bonchev–Trinajstić information content (AvgIpc) is 2.06. The second-order valence-electron chi connectivity index (χ2n) is 2.61. The normalized spacial score (nSPS) is 11.5. The van der Waals surface area contributed by atoms with Gasteiger partial charge in [-0.3, -0.25) is 4.98 Å². The van der Waals surface area contributed by atoms with Crippen LogP contribution in [0.15, 0.2) is 12.3 Å². The maximum atomic E-state index is 11.9. The topological polar surface area (TPSA) is 22.1 Å². The van der Waals surface area contributed by atoms with Gasteiger partial charge in [0.25, 0.3) is 0 Å². The molecule has 0 radical (unpaired) electrons. The number of hydrogen-bond donors (Lipinski definition) is 0. The Labute approximate surface area is 83.7 Å². The summed E-state index contributed by atoms with van der Waals surface area (Å²) >= 11 is 5.45. The van der Waals surface area contributed by atoms with Crippen LogP contribution in [0.2, 0.25) is 0 Å². The van der Waals surface area contributed by atoms with Crippen molar-refractivity contribution in [2.24, 2.45) is 0 Å². The summed E-state index contributed by atoms with van der Waals surface area (Å²) in [4.78, 5) is 3.72. The number of aryl methyl sites for hydroxylation is 1. The number of rotatable bonds is 2. The molecule has 14 heavy (non-hydrogen) atoms. The molecule has 0 saturated carbocycles. The molecule has 0 unspecified atom stereocenters. The molecule has 6 heteroatoms. The third-order valence-corrected chi connectivity index (χ3v) is 1.79. The van der Waals surface area contributed by atoms with Crippen molar-refractivity contribution in [2.75, 3.05) is 0 Å². The van der Waals surface area contributed by atoms with Gasteiger partial charge in [0.15, 0.2) is 5.75 Å². The van der Waals surface area contributed by atoms with Crippen LogP contribution in [0.5, 0.6) is 5.75 Å². The van der Waals surface area contributed by atoms with E-state index in [2.05, 4.69) is 9.72 Å². The number of nitrogens with zero attached hydrogens (tertiary/aromatic N) is 1. The molecule has 1 aromatic heterocycles. The first kappa shape index (κ1) is 11.1. The van der Waals surface area contributed by atoms with Crippen molar-refractivity contribution in [3.05, 3.63) is 23.5 Å². The Morgan fingerprint density at radius 3 is 2.64 bits per heavy atom. The number of aromatic nitrogens is 1. The fourth-order valence-corrected chi connectivity index (χ4v) is 1.00. The van der Waals surface area contributed by atoms with Crippen LogP contribution in [0.25, 0.3) is 0 Å². The first-order valence-corrected chi connectivity index (χ1v) is 4.23. The molecule has 0 N–H and O–H groups in total. The van der Waals surface area contributed by atoms with E-state index < -0.39 is 6.36 Å². The number of ether oxygens (including phenoxy) is 1. The third kappa shape index (κ3) is 3.06. The van der Waals surface area contributed by atoms with Gasteiger partial charge in [-0.2, -0.15) is 0 Å². The van der Waals surface area contributed by atoms with Gasteiger partial charge in [0.1, 0.15) is 0 Å². The first-order chi connectivity index (χ1) is 6.42. The second kappa shape index (κ2) is 4.04. The van der Waals surface area contributed by atoms with E-state index in [1.807, 2.05) is 0 Å². The molecule has 0 amide bonds. The van der Waals surface area contributed by atoms with E-state index in [-0.39, 0.29) is 17.3 Å². The van der Waals surface area contributed by atoms with Gasteiger partial charge >= 0.3 is 6.36 Å². The molecule has 0 saturated heterocycles. The minimum absolute atomic E-state index is 0.0987. The highest BCUT2D eigenvalue weighted by Crippen LogP contribution is 2.25. The van der Waals surface area contributed by atoms with E-state index in [1.54, 1.807) is 0 Å². The molecule has 0 aromatic carbocycles. The highest BCUT2D eigenvalue weighted by molar-refractivity contribution is 6.17. The van der Waals surface area contributed by atoms with Gasteiger partial charge < -0.3 is 4.74 Å². The van der Waals surface area contributed by atoms with Crippen LogP contribution in [-0.2, 0) is 5.88 Å². The van der Waals surface area contributed by atoms with Crippen LogP contribution in [0, 0.1) is 6.92 Å². The zero-order valence-corrected chi connectivity index (χ0v) is 7.99. The Kier molecular flexibility index (Phi) is 3.21. The summed E-state index contributed by atoms with van der Waals surface area (Å²) in [5, 5.41) is 0. The van der Waals surface area contributed by atoms with Crippen LogP contribution < -0.4 is 4.74 Å². The molecule has 1 rings (SSSR count). The van der Waals surface area contributed by atoms with Gasteiger partial charge in [-0.1, -0.05) is 0 Å². The number of pyridine rings is 1. The molecular formula is C8H7ClF3NO. The molecular weight excluding hydrogens is 219 g/mol. The fraction of sp³-hybridized carbons (Fsp3) is 0.375. The van der Waals surface area contributed by atoms with Crippen molar-refractivity contribution in [2.45, 2.75) is 19.2 Å². The maximum absolute atomic E-state index is 11.9. The first-order valence-electron chi connectivity index (χ1n) is 3.69. The highest BCUT2D eigenvalue weighted by atomic mass is 35.5. The van der Waals surface area contributed by atoms with Gasteiger partial charge in [-0.25, -0.2) is 0 Å². The lowest BCUT2D eigenvalue weighted by atomic mass is 10.2. The number of halogens is 4. The summed E-state index contributed by atoms with van der Waals surface area (Å²) in [5.74, 6) is -0.211. The molecule has 78 valence electrons. The highest BCUT2D eigenvalue weighted by Gasteiger charge is 2.32. The Balaban J connectivity index is 2.95. The summed E-state index contributed by atoms with van der Waals surface area (Å²) < 4.78 is 39.4. The second-order valence-corrected chi connectivity index (χ2v) is 2.88. The molecule has 0 aliphatic heterocycles. The predicted molar refractivity (Wildman–Crippen MR) is 45.2 cm³/mol. The summed E-state index contributed by atoms with van der Waals surface area (Å²) in [5.41, 5.74) is 0.660. The lowest BCUT2D eigenvalue weighted by Gasteiger charge is -2.11. The molecule has 0 spiro atoms.